The molecule has 108 valence electrons. The van der Waals surface area contributed by atoms with Gasteiger partial charge in [-0.3, -0.25) is 4.79 Å². The van der Waals surface area contributed by atoms with Crippen molar-refractivity contribution in [3.63, 3.8) is 0 Å². The number of rotatable bonds is 2. The van der Waals surface area contributed by atoms with Crippen LogP contribution in [0.25, 0.3) is 0 Å². The van der Waals surface area contributed by atoms with Crippen molar-refractivity contribution in [2.24, 2.45) is 0 Å². The largest absolute Gasteiger partial charge is 0.340 e. The minimum atomic E-state index is -0.0551. The van der Waals surface area contributed by atoms with Gasteiger partial charge in [0.05, 0.1) is 6.04 Å². The number of likely N-dealkylation sites (tertiary alicyclic amines) is 1. The first-order valence-electron chi connectivity index (χ1n) is 7.54. The molecular formula is C16H23N3O. The number of amides is 1. The van der Waals surface area contributed by atoms with E-state index in [9.17, 15) is 4.79 Å². The monoisotopic (exact) mass is 273 g/mol. The minimum Gasteiger partial charge on any atom is -0.340 e. The molecule has 2 aliphatic heterocycles. The number of hydrogen-bond donors (Lipinski definition) is 2. The quantitative estimate of drug-likeness (QED) is 0.842. The van der Waals surface area contributed by atoms with Gasteiger partial charge in [0, 0.05) is 25.7 Å². The second-order valence-corrected chi connectivity index (χ2v) is 5.82. The fourth-order valence-corrected chi connectivity index (χ4v) is 3.26. The molecule has 2 atom stereocenters. The summed E-state index contributed by atoms with van der Waals surface area (Å²) in [5.41, 5.74) is 2.63. The Morgan fingerprint density at radius 1 is 1.35 bits per heavy atom. The molecule has 2 aliphatic rings. The molecule has 1 fully saturated rings. The summed E-state index contributed by atoms with van der Waals surface area (Å²) in [6.07, 6.45) is 3.08. The lowest BCUT2D eigenvalue weighted by atomic mass is 9.94. The van der Waals surface area contributed by atoms with Crippen LogP contribution in [0.2, 0.25) is 0 Å². The van der Waals surface area contributed by atoms with Gasteiger partial charge in [-0.2, -0.15) is 0 Å². The van der Waals surface area contributed by atoms with Crippen LogP contribution < -0.4 is 10.6 Å². The second kappa shape index (κ2) is 5.94. The molecule has 1 aromatic carbocycles. The Hall–Kier alpha value is -1.39. The van der Waals surface area contributed by atoms with Crippen LogP contribution in [0.15, 0.2) is 24.3 Å². The van der Waals surface area contributed by atoms with Gasteiger partial charge in [-0.05, 0) is 37.4 Å². The highest BCUT2D eigenvalue weighted by molar-refractivity contribution is 5.82. The summed E-state index contributed by atoms with van der Waals surface area (Å²) in [5, 5.41) is 6.69. The van der Waals surface area contributed by atoms with Crippen molar-refractivity contribution in [1.29, 1.82) is 0 Å². The zero-order valence-electron chi connectivity index (χ0n) is 12.1. The van der Waals surface area contributed by atoms with E-state index in [0.29, 0.717) is 6.04 Å². The van der Waals surface area contributed by atoms with Gasteiger partial charge in [-0.15, -0.1) is 0 Å². The lowest BCUT2D eigenvalue weighted by molar-refractivity contribution is -0.135. The van der Waals surface area contributed by atoms with Gasteiger partial charge in [-0.25, -0.2) is 0 Å². The summed E-state index contributed by atoms with van der Waals surface area (Å²) in [4.78, 5) is 14.7. The van der Waals surface area contributed by atoms with E-state index in [1.807, 2.05) is 11.9 Å². The van der Waals surface area contributed by atoms with Crippen LogP contribution in [-0.2, 0) is 17.8 Å². The predicted octanol–water partition coefficient (Wildman–Crippen LogP) is 0.911. The molecule has 4 heteroatoms. The van der Waals surface area contributed by atoms with E-state index in [1.54, 1.807) is 0 Å². The van der Waals surface area contributed by atoms with Crippen LogP contribution in [0.4, 0.5) is 0 Å². The summed E-state index contributed by atoms with van der Waals surface area (Å²) in [6.45, 7) is 2.54. The van der Waals surface area contributed by atoms with Crippen LogP contribution in [0.5, 0.6) is 0 Å². The molecule has 2 heterocycles. The van der Waals surface area contributed by atoms with E-state index in [1.165, 1.54) is 17.5 Å². The zero-order valence-corrected chi connectivity index (χ0v) is 12.1. The van der Waals surface area contributed by atoms with Gasteiger partial charge in [0.25, 0.3) is 0 Å². The first kappa shape index (κ1) is 13.6. The van der Waals surface area contributed by atoms with Gasteiger partial charge in [-0.1, -0.05) is 24.3 Å². The number of fused-ring (bicyclic) bond motifs is 1. The highest BCUT2D eigenvalue weighted by Crippen LogP contribution is 2.19. The number of likely N-dealkylation sites (N-methyl/N-ethyl adjacent to an activating group) is 1. The van der Waals surface area contributed by atoms with Gasteiger partial charge < -0.3 is 15.5 Å². The van der Waals surface area contributed by atoms with Gasteiger partial charge in [0.2, 0.25) is 5.91 Å². The molecule has 0 aromatic heterocycles. The Morgan fingerprint density at radius 2 is 2.15 bits per heavy atom. The molecule has 0 spiro atoms. The number of hydrogen-bond acceptors (Lipinski definition) is 3. The first-order chi connectivity index (χ1) is 9.78. The summed E-state index contributed by atoms with van der Waals surface area (Å²) in [5.74, 6) is 0.263. The third-order valence-corrected chi connectivity index (χ3v) is 4.52. The predicted molar refractivity (Wildman–Crippen MR) is 79.4 cm³/mol. The Bertz CT molecular complexity index is 488. The minimum absolute atomic E-state index is 0.0551. The van der Waals surface area contributed by atoms with Crippen molar-refractivity contribution in [2.45, 2.75) is 37.9 Å². The fraction of sp³-hybridized carbons (Fsp3) is 0.562. The SMILES string of the molecule is CNC1CCCN(C(=O)C2Cc3ccccc3CN2)C1. The van der Waals surface area contributed by atoms with E-state index in [2.05, 4.69) is 34.9 Å². The third kappa shape index (κ3) is 2.72. The molecule has 1 aromatic rings. The van der Waals surface area contributed by atoms with Gasteiger partial charge in [0.1, 0.15) is 0 Å². The maximum atomic E-state index is 12.7. The molecule has 3 rings (SSSR count). The fourth-order valence-electron chi connectivity index (χ4n) is 3.26. The summed E-state index contributed by atoms with van der Waals surface area (Å²) >= 11 is 0. The van der Waals surface area contributed by atoms with Crippen molar-refractivity contribution in [3.8, 4) is 0 Å². The average molecular weight is 273 g/mol. The number of benzene rings is 1. The van der Waals surface area contributed by atoms with Crippen LogP contribution in [-0.4, -0.2) is 43.0 Å². The number of carbonyl (C=O) groups excluding carboxylic acids is 1. The third-order valence-electron chi connectivity index (χ3n) is 4.52. The van der Waals surface area contributed by atoms with Crippen molar-refractivity contribution in [3.05, 3.63) is 35.4 Å². The van der Waals surface area contributed by atoms with E-state index >= 15 is 0 Å². The van der Waals surface area contributed by atoms with Gasteiger partial charge in [0.15, 0.2) is 0 Å². The van der Waals surface area contributed by atoms with Gasteiger partial charge >= 0.3 is 0 Å². The lowest BCUT2D eigenvalue weighted by Gasteiger charge is -2.36. The zero-order chi connectivity index (χ0) is 13.9. The van der Waals surface area contributed by atoms with Crippen LogP contribution >= 0.6 is 0 Å². The molecule has 20 heavy (non-hydrogen) atoms. The molecule has 4 nitrogen and oxygen atoms in total. The molecule has 1 saturated heterocycles. The number of nitrogens with zero attached hydrogens (tertiary/aromatic N) is 1. The van der Waals surface area contributed by atoms with Crippen LogP contribution in [0, 0.1) is 0 Å². The molecular weight excluding hydrogens is 250 g/mol. The van der Waals surface area contributed by atoms with E-state index < -0.39 is 0 Å². The van der Waals surface area contributed by atoms with E-state index in [-0.39, 0.29) is 11.9 Å². The van der Waals surface area contributed by atoms with Crippen molar-refractivity contribution >= 4 is 5.91 Å². The number of carbonyl (C=O) groups is 1. The van der Waals surface area contributed by atoms with Crippen molar-refractivity contribution in [2.75, 3.05) is 20.1 Å². The maximum absolute atomic E-state index is 12.7. The summed E-state index contributed by atoms with van der Waals surface area (Å²) in [6, 6.07) is 8.79. The highest BCUT2D eigenvalue weighted by atomic mass is 16.2. The molecule has 1 amide bonds. The molecule has 0 bridgehead atoms. The molecule has 2 N–H and O–H groups in total. The number of nitrogens with one attached hydrogen (secondary N) is 2. The molecule has 2 unspecified atom stereocenters. The second-order valence-electron chi connectivity index (χ2n) is 5.82. The Kier molecular flexibility index (Phi) is 4.03. The van der Waals surface area contributed by atoms with E-state index in [0.717, 1.165) is 32.5 Å². The summed E-state index contributed by atoms with van der Waals surface area (Å²) in [7, 11) is 1.98. The topological polar surface area (TPSA) is 44.4 Å². The Labute approximate surface area is 120 Å². The maximum Gasteiger partial charge on any atom is 0.240 e. The van der Waals surface area contributed by atoms with Crippen molar-refractivity contribution in [1.82, 2.24) is 15.5 Å². The van der Waals surface area contributed by atoms with E-state index in [4.69, 9.17) is 0 Å². The Morgan fingerprint density at radius 3 is 2.95 bits per heavy atom. The molecule has 0 aliphatic carbocycles. The molecule has 0 radical (unpaired) electrons. The van der Waals surface area contributed by atoms with Crippen LogP contribution in [0.1, 0.15) is 24.0 Å². The number of piperidine rings is 1. The highest BCUT2D eigenvalue weighted by Gasteiger charge is 2.30. The summed E-state index contributed by atoms with van der Waals surface area (Å²) < 4.78 is 0. The lowest BCUT2D eigenvalue weighted by Crippen LogP contribution is -2.54. The smallest absolute Gasteiger partial charge is 0.240 e. The van der Waals surface area contributed by atoms with Crippen molar-refractivity contribution < 1.29 is 4.79 Å². The Balaban J connectivity index is 1.67. The standard InChI is InChI=1S/C16H23N3O/c1-17-14-7-4-8-19(11-14)16(20)15-9-12-5-2-3-6-13(12)10-18-15/h2-3,5-6,14-15,17-18H,4,7-11H2,1H3. The molecule has 0 saturated carbocycles. The average Bonchev–Trinajstić information content (AvgIpc) is 2.53. The normalized spacial score (nSPS) is 26.1. The van der Waals surface area contributed by atoms with Crippen LogP contribution in [0.3, 0.4) is 0 Å². The first-order valence-corrected chi connectivity index (χ1v) is 7.54.